The second-order valence-corrected chi connectivity index (χ2v) is 4.99. The molecule has 0 radical (unpaired) electrons. The lowest BCUT2D eigenvalue weighted by molar-refractivity contribution is -0.146. The Hall–Kier alpha value is -0.720. The number of hydrogen-bond acceptors (Lipinski definition) is 3. The Morgan fingerprint density at radius 2 is 2.00 bits per heavy atom. The van der Waals surface area contributed by atoms with E-state index in [1.54, 1.807) is 0 Å². The first-order valence-electron chi connectivity index (χ1n) is 4.77. The Labute approximate surface area is 115 Å². The van der Waals surface area contributed by atoms with Crippen LogP contribution in [0.3, 0.4) is 0 Å². The number of carbonyl (C=O) groups is 2. The van der Waals surface area contributed by atoms with Gasteiger partial charge in [0.25, 0.3) is 0 Å². The Bertz CT molecular complexity index is 445. The highest BCUT2D eigenvalue weighted by Gasteiger charge is 2.18. The van der Waals surface area contributed by atoms with E-state index in [1.807, 2.05) is 0 Å². The summed E-state index contributed by atoms with van der Waals surface area (Å²) in [5.41, 5.74) is 0.713. The number of carboxylic acid groups (broad SMARTS) is 1. The highest BCUT2D eigenvalue weighted by Crippen LogP contribution is 2.24. The van der Waals surface area contributed by atoms with Crippen molar-refractivity contribution in [1.82, 2.24) is 0 Å². The number of aliphatic hydroxyl groups excluding tert-OH is 1. The van der Waals surface area contributed by atoms with Crippen LogP contribution in [0.4, 0.5) is 0 Å². The van der Waals surface area contributed by atoms with E-state index in [0.717, 1.165) is 0 Å². The molecule has 1 rings (SSSR count). The first-order valence-corrected chi connectivity index (χ1v) is 6.68. The number of aliphatic carboxylic acids is 1. The number of alkyl halides is 1. The third-order valence-electron chi connectivity index (χ3n) is 2.16. The van der Waals surface area contributed by atoms with Crippen LogP contribution in [0.2, 0.25) is 0 Å². The maximum atomic E-state index is 11.6. The summed E-state index contributed by atoms with van der Waals surface area (Å²) in [7, 11) is 0. The first kappa shape index (κ1) is 14.3. The summed E-state index contributed by atoms with van der Waals surface area (Å²) in [6, 6.07) is 4.39. The van der Waals surface area contributed by atoms with Gasteiger partial charge < -0.3 is 10.2 Å². The van der Waals surface area contributed by atoms with Gasteiger partial charge in [0.2, 0.25) is 0 Å². The predicted octanol–water partition coefficient (Wildman–Crippen LogP) is 2.53. The van der Waals surface area contributed by atoms with Gasteiger partial charge in [-0.25, -0.2) is 4.79 Å². The van der Waals surface area contributed by atoms with Crippen molar-refractivity contribution >= 4 is 43.6 Å². The van der Waals surface area contributed by atoms with Gasteiger partial charge in [0, 0.05) is 21.8 Å². The number of ketones is 1. The Morgan fingerprint density at radius 3 is 2.47 bits per heavy atom. The van der Waals surface area contributed by atoms with Gasteiger partial charge in [-0.3, -0.25) is 4.79 Å². The predicted molar refractivity (Wildman–Crippen MR) is 69.5 cm³/mol. The van der Waals surface area contributed by atoms with Crippen molar-refractivity contribution in [2.45, 2.75) is 12.5 Å². The number of carboxylic acids is 1. The first-order chi connectivity index (χ1) is 7.97. The van der Waals surface area contributed by atoms with E-state index < -0.39 is 12.1 Å². The number of aliphatic hydroxyl groups is 1. The van der Waals surface area contributed by atoms with Gasteiger partial charge in [-0.05, 0) is 17.7 Å². The highest BCUT2D eigenvalue weighted by molar-refractivity contribution is 9.10. The molecule has 0 spiro atoms. The van der Waals surface area contributed by atoms with Gasteiger partial charge in [-0.2, -0.15) is 0 Å². The van der Waals surface area contributed by atoms with Crippen LogP contribution in [0.5, 0.6) is 0 Å². The average Bonchev–Trinajstić information content (AvgIpc) is 2.27. The fourth-order valence-corrected chi connectivity index (χ4v) is 2.27. The van der Waals surface area contributed by atoms with Gasteiger partial charge in [0.15, 0.2) is 11.9 Å². The van der Waals surface area contributed by atoms with Crippen LogP contribution in [0.15, 0.2) is 22.7 Å². The minimum absolute atomic E-state index is 0.0508. The van der Waals surface area contributed by atoms with Crippen molar-refractivity contribution in [1.29, 1.82) is 0 Å². The molecule has 0 amide bonds. The maximum absolute atomic E-state index is 11.6. The summed E-state index contributed by atoms with van der Waals surface area (Å²) >= 11 is 6.37. The van der Waals surface area contributed by atoms with E-state index in [9.17, 15) is 14.7 Å². The molecule has 0 saturated carbocycles. The van der Waals surface area contributed by atoms with Gasteiger partial charge in [-0.1, -0.05) is 37.9 Å². The Morgan fingerprint density at radius 1 is 1.35 bits per heavy atom. The number of hydrogen-bond donors (Lipinski definition) is 2. The molecule has 17 heavy (non-hydrogen) atoms. The van der Waals surface area contributed by atoms with Crippen LogP contribution in [-0.4, -0.2) is 27.3 Å². The normalized spacial score (nSPS) is 12.2. The summed E-state index contributed by atoms with van der Waals surface area (Å²) in [6.45, 7) is 0. The fraction of sp³-hybridized carbons (Fsp3) is 0.273. The largest absolute Gasteiger partial charge is 0.479 e. The SMILES string of the molecule is O=C(CCBr)c1ccc(C(O)C(=O)O)cc1Br. The van der Waals surface area contributed by atoms with Crippen LogP contribution in [0.1, 0.15) is 28.4 Å². The molecule has 1 aromatic carbocycles. The average molecular weight is 366 g/mol. The van der Waals surface area contributed by atoms with Crippen molar-refractivity contribution in [2.75, 3.05) is 5.33 Å². The van der Waals surface area contributed by atoms with Crippen molar-refractivity contribution in [3.8, 4) is 0 Å². The molecular formula is C11H10Br2O4. The van der Waals surface area contributed by atoms with E-state index in [0.29, 0.717) is 21.8 Å². The summed E-state index contributed by atoms with van der Waals surface area (Å²) < 4.78 is 0.487. The summed E-state index contributed by atoms with van der Waals surface area (Å²) in [5.74, 6) is -1.37. The lowest BCUT2D eigenvalue weighted by atomic mass is 10.0. The summed E-state index contributed by atoms with van der Waals surface area (Å²) in [6.07, 6.45) is -1.22. The topological polar surface area (TPSA) is 74.6 Å². The minimum atomic E-state index is -1.58. The third-order valence-corrected chi connectivity index (χ3v) is 3.22. The van der Waals surface area contributed by atoms with Gasteiger partial charge in [0.05, 0.1) is 0 Å². The molecule has 1 atom stereocenters. The van der Waals surface area contributed by atoms with E-state index in [4.69, 9.17) is 5.11 Å². The van der Waals surface area contributed by atoms with Gasteiger partial charge >= 0.3 is 5.97 Å². The smallest absolute Gasteiger partial charge is 0.337 e. The summed E-state index contributed by atoms with van der Waals surface area (Å²) in [4.78, 5) is 22.2. The molecule has 0 fully saturated rings. The molecule has 0 aliphatic carbocycles. The van der Waals surface area contributed by atoms with E-state index >= 15 is 0 Å². The number of benzene rings is 1. The molecule has 0 aliphatic rings. The fourth-order valence-electron chi connectivity index (χ4n) is 1.29. The van der Waals surface area contributed by atoms with Crippen molar-refractivity contribution in [3.05, 3.63) is 33.8 Å². The maximum Gasteiger partial charge on any atom is 0.337 e. The molecule has 0 bridgehead atoms. The monoisotopic (exact) mass is 364 g/mol. The Balaban J connectivity index is 3.01. The molecule has 2 N–H and O–H groups in total. The van der Waals surface area contributed by atoms with Crippen LogP contribution in [0.25, 0.3) is 0 Å². The van der Waals surface area contributed by atoms with Crippen molar-refractivity contribution in [3.63, 3.8) is 0 Å². The Kier molecular flexibility index (Phi) is 5.30. The zero-order chi connectivity index (χ0) is 13.0. The molecule has 0 aliphatic heterocycles. The lowest BCUT2D eigenvalue weighted by Crippen LogP contribution is -2.11. The molecule has 0 heterocycles. The zero-order valence-electron chi connectivity index (χ0n) is 8.69. The molecule has 1 unspecified atom stereocenters. The second-order valence-electron chi connectivity index (χ2n) is 3.34. The number of carbonyl (C=O) groups excluding carboxylic acids is 1. The van der Waals surface area contributed by atoms with E-state index in [-0.39, 0.29) is 11.3 Å². The number of halogens is 2. The van der Waals surface area contributed by atoms with Crippen LogP contribution >= 0.6 is 31.9 Å². The minimum Gasteiger partial charge on any atom is -0.479 e. The van der Waals surface area contributed by atoms with Crippen molar-refractivity contribution in [2.24, 2.45) is 0 Å². The number of Topliss-reactive ketones (excluding diaryl/α,β-unsaturated/α-hetero) is 1. The van der Waals surface area contributed by atoms with Crippen LogP contribution in [0, 0.1) is 0 Å². The molecule has 0 saturated heterocycles. The quantitative estimate of drug-likeness (QED) is 0.621. The highest BCUT2D eigenvalue weighted by atomic mass is 79.9. The van der Waals surface area contributed by atoms with Crippen LogP contribution in [-0.2, 0) is 4.79 Å². The molecule has 1 aromatic rings. The molecule has 0 aromatic heterocycles. The lowest BCUT2D eigenvalue weighted by Gasteiger charge is -2.08. The van der Waals surface area contributed by atoms with Crippen molar-refractivity contribution < 1.29 is 19.8 Å². The number of rotatable bonds is 5. The third kappa shape index (κ3) is 3.62. The molecule has 4 nitrogen and oxygen atoms in total. The molecular weight excluding hydrogens is 356 g/mol. The summed E-state index contributed by atoms with van der Waals surface area (Å²) in [5, 5.41) is 18.6. The second kappa shape index (κ2) is 6.28. The van der Waals surface area contributed by atoms with E-state index in [1.165, 1.54) is 18.2 Å². The van der Waals surface area contributed by atoms with Gasteiger partial charge in [0.1, 0.15) is 0 Å². The molecule has 92 valence electrons. The van der Waals surface area contributed by atoms with E-state index in [2.05, 4.69) is 31.9 Å². The standard InChI is InChI=1S/C11H10Br2O4/c12-4-3-9(14)7-2-1-6(5-8(7)13)10(15)11(16)17/h1-2,5,10,15H,3-4H2,(H,16,17). The zero-order valence-corrected chi connectivity index (χ0v) is 11.9. The van der Waals surface area contributed by atoms with Gasteiger partial charge in [-0.15, -0.1) is 0 Å². The van der Waals surface area contributed by atoms with Crippen LogP contribution < -0.4 is 0 Å². The molecule has 6 heteroatoms.